The van der Waals surface area contributed by atoms with Crippen LogP contribution in [-0.4, -0.2) is 254 Å². The first-order chi connectivity index (χ1) is 70.1. The van der Waals surface area contributed by atoms with Crippen LogP contribution in [0.15, 0.2) is 30.0 Å². The van der Waals surface area contributed by atoms with Crippen molar-refractivity contribution in [1.82, 2.24) is 62.5 Å². The van der Waals surface area contributed by atoms with Gasteiger partial charge in [0.2, 0.25) is 59.1 Å². The number of unbranched alkanes of at least 4 members (excludes halogenated alkanes) is 17. The summed E-state index contributed by atoms with van der Waals surface area (Å²) in [4.78, 5) is 273. The molecule has 0 aliphatic rings. The number of hydrogen-bond acceptors (Lipinski definition) is 29. The fourth-order valence-electron chi connectivity index (χ4n) is 17.9. The van der Waals surface area contributed by atoms with E-state index in [4.69, 9.17) is 51.6 Å². The molecule has 0 aliphatic heterocycles. The lowest BCUT2D eigenvalue weighted by molar-refractivity contribution is -0.136. The smallest absolute Gasteiger partial charge is 0.224 e. The van der Waals surface area contributed by atoms with Crippen molar-refractivity contribution in [1.29, 1.82) is 0 Å². The second-order valence-corrected chi connectivity index (χ2v) is 40.5. The molecule has 2 aromatic rings. The zero-order valence-corrected chi connectivity index (χ0v) is 88.6. The molecule has 2 rings (SSSR count). The Hall–Kier alpha value is -10.6. The first-order valence-corrected chi connectivity index (χ1v) is 53.7. The van der Waals surface area contributed by atoms with Crippen molar-refractivity contribution in [3.63, 3.8) is 0 Å². The molecule has 834 valence electrons. The van der Waals surface area contributed by atoms with Crippen LogP contribution in [-0.2, 0) is 99.1 Å². The number of aromatic nitrogens is 4. The van der Waals surface area contributed by atoms with Gasteiger partial charge in [0.1, 0.15) is 12.1 Å². The molecule has 0 bridgehead atoms. The summed E-state index contributed by atoms with van der Waals surface area (Å²) in [5.74, 6) is -22.8. The summed E-state index contributed by atoms with van der Waals surface area (Å²) in [7, 11) is 0. The van der Waals surface area contributed by atoms with Gasteiger partial charge >= 0.3 is 0 Å². The normalized spacial score (nSPS) is 14.8. The van der Waals surface area contributed by atoms with Gasteiger partial charge in [-0.2, -0.15) is 0 Å². The first-order valence-electron chi connectivity index (χ1n) is 53.7. The lowest BCUT2D eigenvalue weighted by atomic mass is 9.88. The molecule has 2 aromatic heterocycles. The summed E-state index contributed by atoms with van der Waals surface area (Å²) < 4.78 is 0. The molecule has 0 unspecified atom stereocenters. The second kappa shape index (κ2) is 77.7. The van der Waals surface area contributed by atoms with E-state index in [0.717, 1.165) is 25.7 Å². The number of rotatable bonds is 92. The highest BCUT2D eigenvalue weighted by Gasteiger charge is 2.40. The van der Waals surface area contributed by atoms with Gasteiger partial charge in [0, 0.05) is 137 Å². The van der Waals surface area contributed by atoms with Crippen LogP contribution in [0.1, 0.15) is 336 Å². The number of Topliss-reactive ketones (excluding diaryl/α,β-unsaturated/α-hetero) is 8. The molecule has 147 heavy (non-hydrogen) atoms. The average Bonchev–Trinajstić information content (AvgIpc) is 1.68. The molecule has 43 nitrogen and oxygen atoms in total. The minimum Gasteiger partial charge on any atom is -0.394 e. The SMILES string of the molecule is CCCCCCCCCCCCCCCC(=O)N[C@@H](CCCCN)C(=O)C[C@@H](CC(C)C)C(=O)N[C@@H](CO)C(=O)C[C@@H](Cc1cnc[nH]1)C(=O)N[C@@H](CO)C(=O)C[C@@H](CCCCN)C(=O)NCC(=O)C[C@@H](Cc1cnc[nH]1)C(=O)N[C@@H](CCC(N)=O)C(=O)C[C@@H](CCCCN)C(=O)N[C@@H](CCCN=C(N)N)C(=O)C[C@@H](CCCCN)C(=O)N[C@@H](C)C(=O)C[C@@H](CC(C)C)C(=O)N[C@@H](CCCCN)C(=O)C[C@H](C(N)=O)[C@@H](C)O. The van der Waals surface area contributed by atoms with Crippen molar-refractivity contribution in [2.24, 2.45) is 116 Å². The van der Waals surface area contributed by atoms with E-state index in [-0.39, 0.29) is 146 Å². The van der Waals surface area contributed by atoms with E-state index < -0.39 is 261 Å². The fraction of sp³-hybridized carbons (Fsp3) is 0.760. The topological polar surface area (TPSA) is 768 Å². The Kier molecular flexibility index (Phi) is 70.1. The summed E-state index contributed by atoms with van der Waals surface area (Å²) in [6.45, 7) is 10.9. The number of guanidine groups is 1. The fourth-order valence-corrected chi connectivity index (χ4v) is 17.9. The summed E-state index contributed by atoms with van der Waals surface area (Å²) >= 11 is 0. The maximum Gasteiger partial charge on any atom is 0.224 e. The minimum absolute atomic E-state index is 0.000712. The van der Waals surface area contributed by atoms with Crippen LogP contribution in [0.2, 0.25) is 0 Å². The van der Waals surface area contributed by atoms with Crippen molar-refractivity contribution in [3.05, 3.63) is 36.4 Å². The number of aromatic amines is 2. The summed E-state index contributed by atoms with van der Waals surface area (Å²) in [6, 6.07) is -9.41. The number of imidazole rings is 2. The molecule has 0 radical (unpaired) electrons. The highest BCUT2D eigenvalue weighted by molar-refractivity contribution is 6.01. The number of primary amides is 2. The predicted octanol–water partition coefficient (Wildman–Crippen LogP) is 3.44. The molecule has 2 heterocycles. The van der Waals surface area contributed by atoms with Gasteiger partial charge < -0.3 is 119 Å². The lowest BCUT2D eigenvalue weighted by Gasteiger charge is -2.26. The number of ketones is 8. The maximum absolute atomic E-state index is 14.9. The van der Waals surface area contributed by atoms with E-state index in [1.165, 1.54) is 90.3 Å². The minimum atomic E-state index is -1.68. The van der Waals surface area contributed by atoms with Crippen LogP contribution in [0.3, 0.4) is 0 Å². The molecular formula is C104H182N22O21. The Morgan fingerprint density at radius 3 is 1.07 bits per heavy atom. The van der Waals surface area contributed by atoms with Crippen molar-refractivity contribution in [3.8, 4) is 0 Å². The molecular weight excluding hydrogens is 1890 g/mol. The molecule has 16 atom stereocenters. The number of nitrogens with two attached hydrogens (primary N) is 9. The summed E-state index contributed by atoms with van der Waals surface area (Å²) in [5, 5.41) is 53.4. The van der Waals surface area contributed by atoms with Crippen LogP contribution in [0.25, 0.3) is 0 Å². The number of carbonyl (C=O) groups excluding carboxylic acids is 18. The third-order valence-electron chi connectivity index (χ3n) is 26.6. The van der Waals surface area contributed by atoms with E-state index >= 15 is 0 Å². The number of amides is 10. The Labute approximate surface area is 868 Å². The van der Waals surface area contributed by atoms with Gasteiger partial charge in [-0.15, -0.1) is 0 Å². The lowest BCUT2D eigenvalue weighted by Crippen LogP contribution is -2.50. The first kappa shape index (κ1) is 132. The molecule has 0 fully saturated rings. The Morgan fingerprint density at radius 2 is 0.687 bits per heavy atom. The number of carbonyl (C=O) groups is 18. The largest absolute Gasteiger partial charge is 0.394 e. The second-order valence-electron chi connectivity index (χ2n) is 40.5. The van der Waals surface area contributed by atoms with Gasteiger partial charge in [-0.05, 0) is 174 Å². The van der Waals surface area contributed by atoms with Crippen molar-refractivity contribution < 1.29 is 102 Å². The summed E-state index contributed by atoms with van der Waals surface area (Å²) in [6.07, 6.45) is 18.9. The third kappa shape index (κ3) is 57.7. The molecule has 0 aliphatic carbocycles. The molecule has 0 aromatic carbocycles. The van der Waals surface area contributed by atoms with E-state index in [9.17, 15) is 102 Å². The Bertz CT molecular complexity index is 4280. The molecule has 31 N–H and O–H groups in total. The maximum atomic E-state index is 14.9. The van der Waals surface area contributed by atoms with Gasteiger partial charge in [-0.25, -0.2) is 9.97 Å². The molecule has 43 heteroatoms. The molecule has 0 saturated carbocycles. The van der Waals surface area contributed by atoms with Crippen LogP contribution < -0.4 is 94.1 Å². The third-order valence-corrected chi connectivity index (χ3v) is 26.6. The number of hydrogen-bond donors (Lipinski definition) is 22. The Morgan fingerprint density at radius 1 is 0.354 bits per heavy atom. The van der Waals surface area contributed by atoms with E-state index in [0.29, 0.717) is 95.1 Å². The van der Waals surface area contributed by atoms with Gasteiger partial charge in [0.15, 0.2) is 52.2 Å². The predicted molar refractivity (Wildman–Crippen MR) is 559 cm³/mol. The van der Waals surface area contributed by atoms with Crippen LogP contribution in [0.4, 0.5) is 0 Å². The standard InChI is InChI=1S/C104H182N22O21/c1-8-9-10-11-12-13-14-15-16-17-18-19-20-38-95(139)121-81(35-24-29-44-108)90(134)56-74(48-67(4)5)101(145)125-86(63-128)92(136)57-76(50-78-60-115-65-119-78)103(147)126-85(62-127)91(135)52-70(32-21-26-41-105)97(141)117-61-79(130)51-75(49-77-59-114-64-118-77)102(146)124-84(39-40-94(110)138)89(133)54-72(34-23-28-43-107)99(143)122-83(37-31-46-116-104(112)113)88(132)53-71(33-22-27-42-106)98(142)120-68(6)87(131)55-73(47-66(2)3)100(144)123-82(36-25-30-45-109)93(137)58-80(69(7)129)96(111)140/h59-60,64-76,80-86,127-129H,8-58,61-63,105-109H2,1-7H3,(H2,110,138)(H2,111,140)(H,114,118)(H,115,119)(H,117,141)(H,120,142)(H,121,139)(H,122,143)(H,123,144)(H,124,146)(H,125,145)(H,126,147)(H4,112,113,116)/t68-,69+,70+,71+,72+,73+,74+,75+,76+,80-,81-,82-,83-,84-,85-,86-/m0/s1. The zero-order valence-electron chi connectivity index (χ0n) is 88.6. The van der Waals surface area contributed by atoms with Crippen molar-refractivity contribution in [2.75, 3.05) is 59.0 Å². The zero-order chi connectivity index (χ0) is 110. The van der Waals surface area contributed by atoms with Crippen LogP contribution >= 0.6 is 0 Å². The van der Waals surface area contributed by atoms with Crippen molar-refractivity contribution >= 4 is 111 Å². The quantitative estimate of drug-likeness (QED) is 0.0256. The van der Waals surface area contributed by atoms with Crippen LogP contribution in [0, 0.1) is 59.2 Å². The van der Waals surface area contributed by atoms with E-state index in [1.54, 1.807) is 0 Å². The average molecular weight is 2080 g/mol. The van der Waals surface area contributed by atoms with E-state index in [2.05, 4.69) is 74.4 Å². The van der Waals surface area contributed by atoms with Gasteiger partial charge in [-0.3, -0.25) is 91.3 Å². The van der Waals surface area contributed by atoms with E-state index in [1.807, 2.05) is 27.7 Å². The highest BCUT2D eigenvalue weighted by atomic mass is 16.3. The number of aliphatic imine (C=N–C) groups is 1. The van der Waals surface area contributed by atoms with Crippen LogP contribution in [0.5, 0.6) is 0 Å². The highest BCUT2D eigenvalue weighted by Crippen LogP contribution is 2.28. The Balaban J connectivity index is 2.46. The number of nitrogens with zero attached hydrogens (tertiary/aromatic N) is 3. The monoisotopic (exact) mass is 2080 g/mol. The van der Waals surface area contributed by atoms with Gasteiger partial charge in [0.25, 0.3) is 0 Å². The summed E-state index contributed by atoms with van der Waals surface area (Å²) in [5.41, 5.74) is 52.4. The molecule has 10 amide bonds. The number of H-pyrrole nitrogens is 2. The molecule has 0 spiro atoms. The number of aliphatic hydroxyl groups is 3. The van der Waals surface area contributed by atoms with Gasteiger partial charge in [0.05, 0.1) is 86.5 Å². The number of aliphatic hydroxyl groups excluding tert-OH is 3. The molecule has 0 saturated heterocycles. The van der Waals surface area contributed by atoms with Crippen molar-refractivity contribution in [2.45, 2.75) is 386 Å². The van der Waals surface area contributed by atoms with Gasteiger partial charge in [-0.1, -0.05) is 131 Å². The number of nitrogens with one attached hydrogen (secondary N) is 10.